The van der Waals surface area contributed by atoms with Crippen LogP contribution in [0.3, 0.4) is 0 Å². The van der Waals surface area contributed by atoms with Crippen molar-refractivity contribution in [3.8, 4) is 0 Å². The molecule has 0 amide bonds. The molecule has 3 rings (SSSR count). The molecule has 20 heavy (non-hydrogen) atoms. The molecule has 1 aromatic carbocycles. The van der Waals surface area contributed by atoms with Gasteiger partial charge in [0.2, 0.25) is 0 Å². The molecule has 2 aromatic heterocycles. The molecular weight excluding hydrogens is 278 g/mol. The zero-order valence-corrected chi connectivity index (χ0v) is 11.1. The molecule has 0 spiro atoms. The lowest BCUT2D eigenvalue weighted by molar-refractivity contribution is 0.601. The van der Waals surface area contributed by atoms with Gasteiger partial charge in [0.05, 0.1) is 11.7 Å². The molecule has 7 nitrogen and oxygen atoms in total. The van der Waals surface area contributed by atoms with Gasteiger partial charge in [-0.05, 0) is 24.3 Å². The summed E-state index contributed by atoms with van der Waals surface area (Å²) >= 11 is 0. The van der Waals surface area contributed by atoms with Gasteiger partial charge in [0.1, 0.15) is 10.7 Å². The Morgan fingerprint density at radius 2 is 2.00 bits per heavy atom. The highest BCUT2D eigenvalue weighted by molar-refractivity contribution is 7.93. The van der Waals surface area contributed by atoms with Crippen molar-refractivity contribution in [2.75, 3.05) is 10.5 Å². The van der Waals surface area contributed by atoms with Crippen molar-refractivity contribution in [2.24, 2.45) is 0 Å². The van der Waals surface area contributed by atoms with Crippen LogP contribution >= 0.6 is 0 Å². The van der Waals surface area contributed by atoms with Gasteiger partial charge in [-0.2, -0.15) is 5.10 Å². The van der Waals surface area contributed by atoms with Crippen LogP contribution in [0, 0.1) is 0 Å². The van der Waals surface area contributed by atoms with Gasteiger partial charge >= 0.3 is 0 Å². The first-order chi connectivity index (χ1) is 9.58. The summed E-state index contributed by atoms with van der Waals surface area (Å²) in [7, 11) is -3.77. The Kier molecular flexibility index (Phi) is 2.79. The van der Waals surface area contributed by atoms with E-state index in [4.69, 9.17) is 5.73 Å². The predicted molar refractivity (Wildman–Crippen MR) is 75.6 cm³/mol. The number of hydrogen-bond acceptors (Lipinski definition) is 5. The Balaban J connectivity index is 2.17. The second-order valence-electron chi connectivity index (χ2n) is 4.13. The third kappa shape index (κ3) is 2.05. The van der Waals surface area contributed by atoms with E-state index in [9.17, 15) is 8.42 Å². The summed E-state index contributed by atoms with van der Waals surface area (Å²) in [5.74, 6) is 0.283. The van der Waals surface area contributed by atoms with Crippen LogP contribution in [-0.2, 0) is 10.0 Å². The Bertz CT molecular complexity index is 859. The van der Waals surface area contributed by atoms with Gasteiger partial charge in [-0.15, -0.1) is 0 Å². The molecule has 0 unspecified atom stereocenters. The zero-order valence-electron chi connectivity index (χ0n) is 10.2. The van der Waals surface area contributed by atoms with E-state index in [2.05, 4.69) is 19.9 Å². The lowest BCUT2D eigenvalue weighted by atomic mass is 10.2. The number of sulfonamides is 1. The summed E-state index contributed by atoms with van der Waals surface area (Å²) in [6.07, 6.45) is 2.98. The number of pyridine rings is 1. The highest BCUT2D eigenvalue weighted by atomic mass is 32.2. The van der Waals surface area contributed by atoms with Crippen molar-refractivity contribution >= 4 is 32.4 Å². The molecule has 0 saturated heterocycles. The maximum atomic E-state index is 12.4. The third-order valence-electron chi connectivity index (χ3n) is 2.80. The van der Waals surface area contributed by atoms with Crippen molar-refractivity contribution in [2.45, 2.75) is 4.90 Å². The van der Waals surface area contributed by atoms with Crippen molar-refractivity contribution in [3.05, 3.63) is 42.7 Å². The fourth-order valence-corrected chi connectivity index (χ4v) is 3.08. The average molecular weight is 289 g/mol. The number of nitrogens with one attached hydrogen (secondary N) is 2. The number of nitrogens with zero attached hydrogens (tertiary/aromatic N) is 2. The number of hydrogen-bond donors (Lipinski definition) is 3. The van der Waals surface area contributed by atoms with Crippen LogP contribution in [-0.4, -0.2) is 23.6 Å². The molecule has 2 heterocycles. The normalized spacial score (nSPS) is 11.6. The van der Waals surface area contributed by atoms with E-state index in [1.54, 1.807) is 18.2 Å². The lowest BCUT2D eigenvalue weighted by Crippen LogP contribution is -2.14. The predicted octanol–water partition coefficient (Wildman–Crippen LogP) is 1.34. The van der Waals surface area contributed by atoms with Gasteiger partial charge in [-0.25, -0.2) is 8.42 Å². The van der Waals surface area contributed by atoms with Crippen LogP contribution in [0.4, 0.5) is 11.5 Å². The minimum Gasteiger partial charge on any atom is -0.398 e. The van der Waals surface area contributed by atoms with Gasteiger partial charge in [-0.3, -0.25) is 14.8 Å². The summed E-state index contributed by atoms with van der Waals surface area (Å²) in [5.41, 5.74) is 6.65. The number of aromatic amines is 1. The van der Waals surface area contributed by atoms with Crippen LogP contribution in [0.15, 0.2) is 47.6 Å². The zero-order chi connectivity index (χ0) is 14.2. The second-order valence-corrected chi connectivity index (χ2v) is 5.78. The molecule has 0 aliphatic rings. The van der Waals surface area contributed by atoms with Crippen LogP contribution in [0.5, 0.6) is 0 Å². The minimum atomic E-state index is -3.77. The number of aromatic nitrogens is 3. The van der Waals surface area contributed by atoms with Crippen LogP contribution in [0.1, 0.15) is 0 Å². The number of fused-ring (bicyclic) bond motifs is 1. The van der Waals surface area contributed by atoms with Crippen molar-refractivity contribution in [3.63, 3.8) is 0 Å². The number of benzene rings is 1. The first-order valence-electron chi connectivity index (χ1n) is 5.73. The lowest BCUT2D eigenvalue weighted by Gasteiger charge is -2.09. The number of nitrogen functional groups attached to an aromatic ring is 1. The van der Waals surface area contributed by atoms with E-state index >= 15 is 0 Å². The maximum Gasteiger partial charge on any atom is 0.265 e. The maximum absolute atomic E-state index is 12.4. The fourth-order valence-electron chi connectivity index (χ4n) is 1.90. The summed E-state index contributed by atoms with van der Waals surface area (Å²) in [6, 6.07) is 7.93. The molecular formula is C12H11N5O2S. The molecule has 0 atom stereocenters. The average Bonchev–Trinajstić information content (AvgIpc) is 2.91. The highest BCUT2D eigenvalue weighted by Gasteiger charge is 2.19. The van der Waals surface area contributed by atoms with Crippen molar-refractivity contribution in [1.82, 2.24) is 15.2 Å². The SMILES string of the molecule is Nc1ccc(S(=O)(=O)Nc2ccn[nH]2)c2ncccc12. The molecule has 0 aliphatic heterocycles. The van der Waals surface area contributed by atoms with Gasteiger partial charge in [0, 0.05) is 23.3 Å². The minimum absolute atomic E-state index is 0.0666. The number of anilines is 2. The number of rotatable bonds is 3. The summed E-state index contributed by atoms with van der Waals surface area (Å²) in [6.45, 7) is 0. The van der Waals surface area contributed by atoms with E-state index in [0.29, 0.717) is 16.6 Å². The third-order valence-corrected chi connectivity index (χ3v) is 4.20. The van der Waals surface area contributed by atoms with E-state index in [1.807, 2.05) is 0 Å². The molecule has 4 N–H and O–H groups in total. The number of nitrogens with two attached hydrogens (primary N) is 1. The molecule has 8 heteroatoms. The molecule has 0 bridgehead atoms. The summed E-state index contributed by atoms with van der Waals surface area (Å²) in [5, 5.41) is 6.82. The molecule has 0 fully saturated rings. The van der Waals surface area contributed by atoms with E-state index in [-0.39, 0.29) is 10.7 Å². The van der Waals surface area contributed by atoms with Gasteiger partial charge in [0.25, 0.3) is 10.0 Å². The molecule has 102 valence electrons. The second kappa shape index (κ2) is 4.49. The monoisotopic (exact) mass is 289 g/mol. The fraction of sp³-hybridized carbons (Fsp3) is 0. The standard InChI is InChI=1S/C12H11N5O2S/c13-9-3-4-10(12-8(9)2-1-6-14-12)20(18,19)17-11-5-7-15-16-11/h1-7H,13H2,(H2,15,16,17). The number of H-pyrrole nitrogens is 1. The van der Waals surface area contributed by atoms with E-state index in [0.717, 1.165) is 0 Å². The van der Waals surface area contributed by atoms with E-state index in [1.165, 1.54) is 24.5 Å². The largest absolute Gasteiger partial charge is 0.398 e. The van der Waals surface area contributed by atoms with Crippen molar-refractivity contribution in [1.29, 1.82) is 0 Å². The summed E-state index contributed by atoms with van der Waals surface area (Å²) in [4.78, 5) is 4.18. The Morgan fingerprint density at radius 3 is 2.75 bits per heavy atom. The van der Waals surface area contributed by atoms with Gasteiger partial charge in [0.15, 0.2) is 0 Å². The Hall–Kier alpha value is -2.61. The van der Waals surface area contributed by atoms with Crippen LogP contribution in [0.25, 0.3) is 10.9 Å². The van der Waals surface area contributed by atoms with Gasteiger partial charge in [-0.1, -0.05) is 0 Å². The van der Waals surface area contributed by atoms with Gasteiger partial charge < -0.3 is 5.73 Å². The van der Waals surface area contributed by atoms with E-state index < -0.39 is 10.0 Å². The molecule has 0 radical (unpaired) electrons. The van der Waals surface area contributed by atoms with Crippen LogP contribution < -0.4 is 10.5 Å². The molecule has 0 aliphatic carbocycles. The smallest absolute Gasteiger partial charge is 0.265 e. The topological polar surface area (TPSA) is 114 Å². The first-order valence-corrected chi connectivity index (χ1v) is 7.22. The van der Waals surface area contributed by atoms with Crippen LogP contribution in [0.2, 0.25) is 0 Å². The Labute approximate surface area is 114 Å². The Morgan fingerprint density at radius 1 is 1.15 bits per heavy atom. The first kappa shape index (κ1) is 12.4. The summed E-state index contributed by atoms with van der Waals surface area (Å²) < 4.78 is 27.2. The highest BCUT2D eigenvalue weighted by Crippen LogP contribution is 2.26. The van der Waals surface area contributed by atoms with Crippen molar-refractivity contribution < 1.29 is 8.42 Å². The molecule has 3 aromatic rings. The molecule has 0 saturated carbocycles. The quantitative estimate of drug-likeness (QED) is 0.630.